The maximum Gasteiger partial charge on any atom is 0.251 e. The Hall–Kier alpha value is -1.51. The van der Waals surface area contributed by atoms with E-state index in [0.29, 0.717) is 12.1 Å². The van der Waals surface area contributed by atoms with Crippen molar-refractivity contribution in [2.24, 2.45) is 5.92 Å². The summed E-state index contributed by atoms with van der Waals surface area (Å²) in [6.07, 6.45) is 7.34. The van der Waals surface area contributed by atoms with Gasteiger partial charge >= 0.3 is 0 Å². The summed E-state index contributed by atoms with van der Waals surface area (Å²) >= 11 is 0. The van der Waals surface area contributed by atoms with Gasteiger partial charge in [0.25, 0.3) is 5.91 Å². The van der Waals surface area contributed by atoms with E-state index in [2.05, 4.69) is 23.6 Å². The first-order valence-electron chi connectivity index (χ1n) is 7.88. The lowest BCUT2D eigenvalue weighted by molar-refractivity contribution is 0.0951. The van der Waals surface area contributed by atoms with E-state index in [4.69, 9.17) is 0 Å². The molecule has 2 saturated carbocycles. The van der Waals surface area contributed by atoms with Gasteiger partial charge in [-0.1, -0.05) is 13.0 Å². The molecular formula is C17H24N2O. The molecule has 0 radical (unpaired) electrons. The highest BCUT2D eigenvalue weighted by molar-refractivity contribution is 5.95. The quantitative estimate of drug-likeness (QED) is 0.879. The number of nitrogens with one attached hydrogen (secondary N) is 2. The van der Waals surface area contributed by atoms with Crippen LogP contribution in [0, 0.1) is 5.92 Å². The molecule has 0 bridgehead atoms. The Bertz CT molecular complexity index is 474. The van der Waals surface area contributed by atoms with E-state index in [1.165, 1.54) is 25.7 Å². The lowest BCUT2D eigenvalue weighted by atomic mass is 9.87. The van der Waals surface area contributed by atoms with Crippen LogP contribution < -0.4 is 10.6 Å². The van der Waals surface area contributed by atoms with Crippen LogP contribution >= 0.6 is 0 Å². The van der Waals surface area contributed by atoms with Gasteiger partial charge in [0, 0.05) is 23.3 Å². The smallest absolute Gasteiger partial charge is 0.251 e. The van der Waals surface area contributed by atoms with Gasteiger partial charge in [-0.3, -0.25) is 4.79 Å². The minimum atomic E-state index is 0.0633. The molecule has 1 amide bonds. The molecule has 3 heteroatoms. The summed E-state index contributed by atoms with van der Waals surface area (Å²) in [6.45, 7) is 2.33. The fourth-order valence-corrected chi connectivity index (χ4v) is 2.89. The van der Waals surface area contributed by atoms with E-state index >= 15 is 0 Å². The molecule has 0 aliphatic heterocycles. The summed E-state index contributed by atoms with van der Waals surface area (Å²) < 4.78 is 0. The molecule has 0 spiro atoms. The van der Waals surface area contributed by atoms with E-state index in [1.807, 2.05) is 18.2 Å². The fourth-order valence-electron chi connectivity index (χ4n) is 2.89. The van der Waals surface area contributed by atoms with Gasteiger partial charge in [0.1, 0.15) is 0 Å². The zero-order valence-electron chi connectivity index (χ0n) is 12.2. The van der Waals surface area contributed by atoms with Gasteiger partial charge in [-0.15, -0.1) is 0 Å². The Kier molecular flexibility index (Phi) is 3.95. The highest BCUT2D eigenvalue weighted by Crippen LogP contribution is 2.26. The molecule has 1 aromatic carbocycles. The van der Waals surface area contributed by atoms with Gasteiger partial charge < -0.3 is 10.6 Å². The number of benzene rings is 1. The lowest BCUT2D eigenvalue weighted by Crippen LogP contribution is -2.26. The minimum Gasteiger partial charge on any atom is -0.382 e. The van der Waals surface area contributed by atoms with E-state index in [9.17, 15) is 4.79 Å². The number of carbonyl (C=O) groups is 1. The van der Waals surface area contributed by atoms with Crippen LogP contribution in [-0.2, 0) is 0 Å². The average molecular weight is 272 g/mol. The van der Waals surface area contributed by atoms with Crippen LogP contribution in [0.5, 0.6) is 0 Å². The summed E-state index contributed by atoms with van der Waals surface area (Å²) in [4.78, 5) is 12.0. The van der Waals surface area contributed by atoms with Crippen molar-refractivity contribution in [3.8, 4) is 0 Å². The zero-order valence-corrected chi connectivity index (χ0v) is 12.2. The van der Waals surface area contributed by atoms with Crippen molar-refractivity contribution in [1.29, 1.82) is 0 Å². The van der Waals surface area contributed by atoms with Gasteiger partial charge in [0.2, 0.25) is 0 Å². The topological polar surface area (TPSA) is 41.1 Å². The van der Waals surface area contributed by atoms with Gasteiger partial charge in [-0.25, -0.2) is 0 Å². The standard InChI is InChI=1S/C17H24N2O/c1-12-5-7-14(8-6-12)18-16-4-2-3-13(11-16)17(20)19-15-9-10-15/h2-4,11-12,14-15,18H,5-10H2,1H3,(H,19,20). The molecule has 1 aromatic rings. The van der Waals surface area contributed by atoms with Gasteiger partial charge in [0.15, 0.2) is 0 Å². The van der Waals surface area contributed by atoms with Crippen molar-refractivity contribution >= 4 is 11.6 Å². The number of hydrogen-bond acceptors (Lipinski definition) is 2. The van der Waals surface area contributed by atoms with E-state index in [0.717, 1.165) is 30.0 Å². The fraction of sp³-hybridized carbons (Fsp3) is 0.588. The second kappa shape index (κ2) is 5.86. The summed E-state index contributed by atoms with van der Waals surface area (Å²) in [7, 11) is 0. The molecule has 0 atom stereocenters. The molecule has 108 valence electrons. The second-order valence-electron chi connectivity index (χ2n) is 6.43. The van der Waals surface area contributed by atoms with E-state index in [1.54, 1.807) is 0 Å². The van der Waals surface area contributed by atoms with Gasteiger partial charge in [0.05, 0.1) is 0 Å². The first kappa shape index (κ1) is 13.5. The van der Waals surface area contributed by atoms with Crippen LogP contribution in [0.4, 0.5) is 5.69 Å². The molecule has 3 nitrogen and oxygen atoms in total. The number of carbonyl (C=O) groups excluding carboxylic acids is 1. The molecule has 0 unspecified atom stereocenters. The summed E-state index contributed by atoms with van der Waals surface area (Å²) in [6, 6.07) is 8.88. The van der Waals surface area contributed by atoms with Crippen molar-refractivity contribution in [2.45, 2.75) is 57.5 Å². The third-order valence-corrected chi connectivity index (χ3v) is 4.42. The summed E-state index contributed by atoms with van der Waals surface area (Å²) in [5.74, 6) is 0.928. The predicted octanol–water partition coefficient (Wildman–Crippen LogP) is 3.57. The second-order valence-corrected chi connectivity index (χ2v) is 6.43. The Labute approximate surface area is 121 Å². The molecular weight excluding hydrogens is 248 g/mol. The first-order chi connectivity index (χ1) is 9.70. The van der Waals surface area contributed by atoms with Crippen LogP contribution in [0.25, 0.3) is 0 Å². The predicted molar refractivity (Wildman–Crippen MR) is 82.0 cm³/mol. The Morgan fingerprint density at radius 1 is 1.05 bits per heavy atom. The van der Waals surface area contributed by atoms with Crippen molar-refractivity contribution in [2.75, 3.05) is 5.32 Å². The molecule has 2 aliphatic carbocycles. The summed E-state index contributed by atoms with van der Waals surface area (Å²) in [5.41, 5.74) is 1.85. The zero-order chi connectivity index (χ0) is 13.9. The summed E-state index contributed by atoms with van der Waals surface area (Å²) in [5, 5.41) is 6.63. The normalized spacial score (nSPS) is 26.1. The molecule has 20 heavy (non-hydrogen) atoms. The molecule has 2 fully saturated rings. The van der Waals surface area contributed by atoms with Gasteiger partial charge in [-0.05, 0) is 62.6 Å². The van der Waals surface area contributed by atoms with Crippen molar-refractivity contribution in [3.05, 3.63) is 29.8 Å². The molecule has 0 aromatic heterocycles. The van der Waals surface area contributed by atoms with E-state index in [-0.39, 0.29) is 5.91 Å². The lowest BCUT2D eigenvalue weighted by Gasteiger charge is -2.27. The molecule has 0 saturated heterocycles. The van der Waals surface area contributed by atoms with Crippen LogP contribution in [0.1, 0.15) is 55.8 Å². The monoisotopic (exact) mass is 272 g/mol. The Balaban J connectivity index is 1.60. The van der Waals surface area contributed by atoms with Crippen LogP contribution in [-0.4, -0.2) is 18.0 Å². The molecule has 2 N–H and O–H groups in total. The molecule has 3 rings (SSSR count). The van der Waals surface area contributed by atoms with Crippen molar-refractivity contribution in [1.82, 2.24) is 5.32 Å². The highest BCUT2D eigenvalue weighted by atomic mass is 16.1. The van der Waals surface area contributed by atoms with Gasteiger partial charge in [-0.2, -0.15) is 0 Å². The van der Waals surface area contributed by atoms with E-state index < -0.39 is 0 Å². The Morgan fingerprint density at radius 3 is 2.45 bits per heavy atom. The average Bonchev–Trinajstić information content (AvgIpc) is 3.26. The third kappa shape index (κ3) is 3.53. The van der Waals surface area contributed by atoms with Crippen molar-refractivity contribution < 1.29 is 4.79 Å². The Morgan fingerprint density at radius 2 is 1.75 bits per heavy atom. The van der Waals surface area contributed by atoms with Crippen LogP contribution in [0.15, 0.2) is 24.3 Å². The molecule has 0 heterocycles. The number of hydrogen-bond donors (Lipinski definition) is 2. The largest absolute Gasteiger partial charge is 0.382 e. The first-order valence-corrected chi connectivity index (χ1v) is 7.88. The number of anilines is 1. The minimum absolute atomic E-state index is 0.0633. The number of rotatable bonds is 4. The van der Waals surface area contributed by atoms with Crippen molar-refractivity contribution in [3.63, 3.8) is 0 Å². The third-order valence-electron chi connectivity index (χ3n) is 4.42. The van der Waals surface area contributed by atoms with Crippen LogP contribution in [0.3, 0.4) is 0 Å². The number of amides is 1. The maximum atomic E-state index is 12.0. The highest BCUT2D eigenvalue weighted by Gasteiger charge is 2.24. The maximum absolute atomic E-state index is 12.0. The molecule has 2 aliphatic rings. The van der Waals surface area contributed by atoms with Crippen LogP contribution in [0.2, 0.25) is 0 Å². The SMILES string of the molecule is CC1CCC(Nc2cccc(C(=O)NC3CC3)c2)CC1.